The van der Waals surface area contributed by atoms with Crippen LogP contribution in [0.25, 0.3) is 11.2 Å². The highest BCUT2D eigenvalue weighted by Crippen LogP contribution is 2.39. The number of fused-ring (bicyclic) bond motifs is 2. The molecule has 1 aliphatic carbocycles. The van der Waals surface area contributed by atoms with E-state index in [-0.39, 0.29) is 6.54 Å². The number of anilines is 1. The van der Waals surface area contributed by atoms with Gasteiger partial charge in [0, 0.05) is 11.1 Å². The van der Waals surface area contributed by atoms with Crippen LogP contribution in [0.2, 0.25) is 0 Å². The van der Waals surface area contributed by atoms with Crippen molar-refractivity contribution in [3.05, 3.63) is 44.9 Å². The number of rotatable bonds is 4. The van der Waals surface area contributed by atoms with Crippen molar-refractivity contribution in [1.29, 1.82) is 0 Å². The van der Waals surface area contributed by atoms with Crippen LogP contribution < -0.4 is 16.8 Å². The van der Waals surface area contributed by atoms with E-state index in [0.29, 0.717) is 27.7 Å². The lowest BCUT2D eigenvalue weighted by atomic mass is 9.88. The third-order valence-electron chi connectivity index (χ3n) is 4.74. The van der Waals surface area contributed by atoms with E-state index in [4.69, 9.17) is 10.2 Å². The predicted molar refractivity (Wildman–Crippen MR) is 101 cm³/mol. The minimum atomic E-state index is -0.659. The Bertz CT molecular complexity index is 1110. The van der Waals surface area contributed by atoms with Gasteiger partial charge in [-0.3, -0.25) is 9.59 Å². The number of carbonyl (C=O) groups excluding carboxylic acids is 2. The van der Waals surface area contributed by atoms with Crippen LogP contribution in [0.4, 0.5) is 5.00 Å². The number of nitrogens with zero attached hydrogens (tertiary/aromatic N) is 2. The highest BCUT2D eigenvalue weighted by atomic mass is 32.1. The fourth-order valence-electron chi connectivity index (χ4n) is 3.45. The Hall–Kier alpha value is -2.94. The van der Waals surface area contributed by atoms with Crippen LogP contribution >= 0.6 is 11.3 Å². The Morgan fingerprint density at radius 1 is 1.48 bits per heavy atom. The Morgan fingerprint density at radius 3 is 3.07 bits per heavy atom. The van der Waals surface area contributed by atoms with E-state index in [9.17, 15) is 14.4 Å². The molecule has 140 valence electrons. The van der Waals surface area contributed by atoms with E-state index >= 15 is 0 Å². The first-order valence-electron chi connectivity index (χ1n) is 8.62. The molecule has 0 aromatic carbocycles. The summed E-state index contributed by atoms with van der Waals surface area (Å²) in [5.74, 6) is -1.12. The van der Waals surface area contributed by atoms with Gasteiger partial charge < -0.3 is 15.5 Å². The summed E-state index contributed by atoms with van der Waals surface area (Å²) in [4.78, 5) is 41.7. The topological polar surface area (TPSA) is 120 Å². The van der Waals surface area contributed by atoms with Crippen LogP contribution in [0.1, 0.15) is 34.1 Å². The summed E-state index contributed by atoms with van der Waals surface area (Å²) in [5.41, 5.74) is 7.50. The van der Waals surface area contributed by atoms with Gasteiger partial charge in [0.2, 0.25) is 5.91 Å². The van der Waals surface area contributed by atoms with Gasteiger partial charge in [-0.2, -0.15) is 0 Å². The highest BCUT2D eigenvalue weighted by Gasteiger charge is 2.27. The number of amides is 2. The second-order valence-corrected chi connectivity index (χ2v) is 7.85. The number of hydrogen-bond donors (Lipinski definition) is 2. The number of carbonyl (C=O) groups is 2. The maximum atomic E-state index is 12.5. The van der Waals surface area contributed by atoms with Crippen molar-refractivity contribution in [3.63, 3.8) is 0 Å². The molecular weight excluding hydrogens is 368 g/mol. The molecule has 0 saturated carbocycles. The minimum Gasteiger partial charge on any atom is -0.406 e. The van der Waals surface area contributed by atoms with Crippen LogP contribution in [-0.2, 0) is 24.2 Å². The Labute approximate surface area is 158 Å². The lowest BCUT2D eigenvalue weighted by molar-refractivity contribution is -0.116. The molecule has 2 amide bonds. The molecule has 0 spiro atoms. The van der Waals surface area contributed by atoms with E-state index in [1.165, 1.54) is 17.5 Å². The molecule has 4 rings (SSSR count). The third-order valence-corrected chi connectivity index (χ3v) is 5.91. The molecule has 3 heterocycles. The highest BCUT2D eigenvalue weighted by molar-refractivity contribution is 7.17. The molecule has 3 N–H and O–H groups in total. The standard InChI is InChI=1S/C18H18N4O4S/c1-9-4-5-10-12(7-9)27-17(14(10)15(19)24)21-13(23)8-22-16-11(26-18(22)25)3-2-6-20-16/h2-3,6,9H,4-5,7-8H2,1H3,(H2,19,24)(H,21,23). The van der Waals surface area contributed by atoms with E-state index in [0.717, 1.165) is 34.3 Å². The van der Waals surface area contributed by atoms with Gasteiger partial charge in [0.15, 0.2) is 11.2 Å². The zero-order chi connectivity index (χ0) is 19.1. The molecule has 3 aromatic rings. The second kappa shape index (κ2) is 6.66. The van der Waals surface area contributed by atoms with Crippen molar-refractivity contribution in [1.82, 2.24) is 9.55 Å². The number of oxazole rings is 1. The van der Waals surface area contributed by atoms with E-state index in [2.05, 4.69) is 17.2 Å². The summed E-state index contributed by atoms with van der Waals surface area (Å²) in [5, 5.41) is 3.19. The van der Waals surface area contributed by atoms with Crippen molar-refractivity contribution < 1.29 is 14.0 Å². The Morgan fingerprint density at radius 2 is 2.30 bits per heavy atom. The number of thiophene rings is 1. The first-order chi connectivity index (χ1) is 12.9. The molecule has 1 atom stereocenters. The van der Waals surface area contributed by atoms with Crippen LogP contribution in [0.5, 0.6) is 0 Å². The minimum absolute atomic E-state index is 0.264. The van der Waals surface area contributed by atoms with E-state index in [1.54, 1.807) is 12.1 Å². The van der Waals surface area contributed by atoms with Gasteiger partial charge in [-0.1, -0.05) is 6.92 Å². The molecule has 3 aromatic heterocycles. The quantitative estimate of drug-likeness (QED) is 0.710. The summed E-state index contributed by atoms with van der Waals surface area (Å²) < 4.78 is 6.24. The molecular formula is C18H18N4O4S. The fourth-order valence-corrected chi connectivity index (χ4v) is 4.88. The van der Waals surface area contributed by atoms with Crippen molar-refractivity contribution in [2.75, 3.05) is 5.32 Å². The lowest BCUT2D eigenvalue weighted by Crippen LogP contribution is -2.26. The monoisotopic (exact) mass is 386 g/mol. The van der Waals surface area contributed by atoms with Crippen molar-refractivity contribution in [2.45, 2.75) is 32.7 Å². The number of primary amides is 1. The molecule has 8 nitrogen and oxygen atoms in total. The summed E-state index contributed by atoms with van der Waals surface area (Å²) in [7, 11) is 0. The molecule has 27 heavy (non-hydrogen) atoms. The van der Waals surface area contributed by atoms with Crippen LogP contribution in [0.3, 0.4) is 0 Å². The number of aromatic nitrogens is 2. The van der Waals surface area contributed by atoms with Gasteiger partial charge in [0.1, 0.15) is 11.5 Å². The SMILES string of the molecule is CC1CCc2c(sc(NC(=O)Cn3c(=O)oc4cccnc43)c2C(N)=O)C1. The van der Waals surface area contributed by atoms with Gasteiger partial charge >= 0.3 is 5.76 Å². The van der Waals surface area contributed by atoms with Crippen molar-refractivity contribution in [3.8, 4) is 0 Å². The van der Waals surface area contributed by atoms with E-state index < -0.39 is 17.6 Å². The van der Waals surface area contributed by atoms with Crippen molar-refractivity contribution in [2.24, 2.45) is 11.7 Å². The summed E-state index contributed by atoms with van der Waals surface area (Å²) in [6.45, 7) is 1.90. The Balaban J connectivity index is 1.62. The van der Waals surface area contributed by atoms with Gasteiger partial charge in [0.25, 0.3) is 5.91 Å². The van der Waals surface area contributed by atoms with Crippen LogP contribution in [-0.4, -0.2) is 21.4 Å². The summed E-state index contributed by atoms with van der Waals surface area (Å²) >= 11 is 1.38. The zero-order valence-electron chi connectivity index (χ0n) is 14.7. The normalized spacial score (nSPS) is 16.3. The second-order valence-electron chi connectivity index (χ2n) is 6.75. The van der Waals surface area contributed by atoms with Crippen LogP contribution in [0.15, 0.2) is 27.5 Å². The van der Waals surface area contributed by atoms with E-state index in [1.807, 2.05) is 0 Å². The van der Waals surface area contributed by atoms with Gasteiger partial charge in [-0.25, -0.2) is 14.3 Å². The third kappa shape index (κ3) is 3.14. The fraction of sp³-hybridized carbons (Fsp3) is 0.333. The lowest BCUT2D eigenvalue weighted by Gasteiger charge is -2.18. The number of hydrogen-bond acceptors (Lipinski definition) is 6. The van der Waals surface area contributed by atoms with Crippen LogP contribution in [0, 0.1) is 5.92 Å². The molecule has 0 fully saturated rings. The molecule has 1 unspecified atom stereocenters. The smallest absolute Gasteiger partial charge is 0.406 e. The maximum absolute atomic E-state index is 12.5. The predicted octanol–water partition coefficient (Wildman–Crippen LogP) is 1.91. The maximum Gasteiger partial charge on any atom is 0.421 e. The van der Waals surface area contributed by atoms with Gasteiger partial charge in [0.05, 0.1) is 5.56 Å². The number of nitrogens with two attached hydrogens (primary N) is 1. The average Bonchev–Trinajstić information content (AvgIpc) is 3.11. The number of nitrogens with one attached hydrogen (secondary N) is 1. The van der Waals surface area contributed by atoms with Gasteiger partial charge in [-0.05, 0) is 42.9 Å². The van der Waals surface area contributed by atoms with Crippen molar-refractivity contribution >= 4 is 39.4 Å². The molecule has 1 aliphatic rings. The molecule has 0 saturated heterocycles. The Kier molecular flexibility index (Phi) is 4.31. The molecule has 9 heteroatoms. The first kappa shape index (κ1) is 17.5. The number of pyridine rings is 1. The molecule has 0 aliphatic heterocycles. The average molecular weight is 386 g/mol. The molecule has 0 radical (unpaired) electrons. The first-order valence-corrected chi connectivity index (χ1v) is 9.44. The molecule has 0 bridgehead atoms. The summed E-state index contributed by atoms with van der Waals surface area (Å²) in [6, 6.07) is 3.25. The largest absolute Gasteiger partial charge is 0.421 e. The summed E-state index contributed by atoms with van der Waals surface area (Å²) in [6.07, 6.45) is 4.15. The van der Waals surface area contributed by atoms with Gasteiger partial charge in [-0.15, -0.1) is 11.3 Å². The zero-order valence-corrected chi connectivity index (χ0v) is 15.5.